The van der Waals surface area contributed by atoms with Crippen LogP contribution in [0.2, 0.25) is 0 Å². The van der Waals surface area contributed by atoms with Crippen LogP contribution in [-0.2, 0) is 0 Å². The molecular formula is C18H16O8. The first-order valence-corrected chi connectivity index (χ1v) is 7.60. The largest absolute Gasteiger partial charge is 0.507 e. The number of aliphatic hydroxyl groups excluding tert-OH is 1. The Balaban J connectivity index is 2.28. The molecule has 26 heavy (non-hydrogen) atoms. The Hall–Kier alpha value is -3.39. The van der Waals surface area contributed by atoms with Crippen molar-refractivity contribution in [2.24, 2.45) is 0 Å². The first kappa shape index (κ1) is 17.4. The normalized spacial score (nSPS) is 10.8. The fraction of sp³-hybridized carbons (Fsp3) is 0.167. The monoisotopic (exact) mass is 360 g/mol. The van der Waals surface area contributed by atoms with Crippen LogP contribution in [0.4, 0.5) is 0 Å². The molecule has 0 atom stereocenters. The average molecular weight is 360 g/mol. The fourth-order valence-corrected chi connectivity index (χ4v) is 2.54. The van der Waals surface area contributed by atoms with E-state index in [4.69, 9.17) is 19.0 Å². The molecule has 0 aliphatic carbocycles. The first-order chi connectivity index (χ1) is 12.5. The van der Waals surface area contributed by atoms with Crippen LogP contribution in [0.15, 0.2) is 39.5 Å². The Labute approximate surface area is 147 Å². The predicted octanol–water partition coefficient (Wildman–Crippen LogP) is 1.96. The molecule has 4 N–H and O–H groups in total. The second-order valence-electron chi connectivity index (χ2n) is 5.38. The number of fused-ring (bicyclic) bond motifs is 1. The van der Waals surface area contributed by atoms with Gasteiger partial charge in [0.1, 0.15) is 29.1 Å². The van der Waals surface area contributed by atoms with E-state index in [2.05, 4.69) is 0 Å². The number of hydrogen-bond acceptors (Lipinski definition) is 8. The van der Waals surface area contributed by atoms with Gasteiger partial charge in [0.2, 0.25) is 11.2 Å². The minimum atomic E-state index is -0.609. The van der Waals surface area contributed by atoms with E-state index >= 15 is 0 Å². The van der Waals surface area contributed by atoms with Crippen LogP contribution >= 0.6 is 0 Å². The van der Waals surface area contributed by atoms with Crippen molar-refractivity contribution in [1.82, 2.24) is 0 Å². The molecule has 0 amide bonds. The number of phenolic OH excluding ortho intramolecular Hbond substituents is 3. The summed E-state index contributed by atoms with van der Waals surface area (Å²) in [7, 11) is 1.28. The van der Waals surface area contributed by atoms with Crippen molar-refractivity contribution in [3.05, 3.63) is 40.6 Å². The Kier molecular flexibility index (Phi) is 4.59. The van der Waals surface area contributed by atoms with Crippen molar-refractivity contribution in [2.75, 3.05) is 20.3 Å². The SMILES string of the molecule is COc1c(-c2ccc(O)c(O)c2)oc2cc(OCCO)cc(O)c2c1=O. The molecule has 0 radical (unpaired) electrons. The van der Waals surface area contributed by atoms with Gasteiger partial charge >= 0.3 is 0 Å². The van der Waals surface area contributed by atoms with Crippen LogP contribution in [0, 0.1) is 0 Å². The average Bonchev–Trinajstić information content (AvgIpc) is 2.61. The van der Waals surface area contributed by atoms with Crippen molar-refractivity contribution < 1.29 is 34.3 Å². The van der Waals surface area contributed by atoms with Crippen LogP contribution in [0.25, 0.3) is 22.3 Å². The first-order valence-electron chi connectivity index (χ1n) is 7.60. The molecule has 0 unspecified atom stereocenters. The van der Waals surface area contributed by atoms with E-state index < -0.39 is 11.2 Å². The summed E-state index contributed by atoms with van der Waals surface area (Å²) in [6.45, 7) is -0.215. The van der Waals surface area contributed by atoms with Crippen LogP contribution in [0.5, 0.6) is 28.7 Å². The van der Waals surface area contributed by atoms with E-state index in [1.54, 1.807) is 0 Å². The Bertz CT molecular complexity index is 1020. The van der Waals surface area contributed by atoms with Crippen molar-refractivity contribution in [1.29, 1.82) is 0 Å². The summed E-state index contributed by atoms with van der Waals surface area (Å²) in [5.41, 5.74) is -0.286. The molecular weight excluding hydrogens is 344 g/mol. The number of phenols is 3. The molecule has 8 heteroatoms. The van der Waals surface area contributed by atoms with Gasteiger partial charge < -0.3 is 34.3 Å². The van der Waals surface area contributed by atoms with Gasteiger partial charge in [-0.1, -0.05) is 0 Å². The van der Waals surface area contributed by atoms with E-state index in [-0.39, 0.29) is 58.5 Å². The molecule has 136 valence electrons. The summed E-state index contributed by atoms with van der Waals surface area (Å²) in [6, 6.07) is 6.53. The van der Waals surface area contributed by atoms with Gasteiger partial charge in [-0.15, -0.1) is 0 Å². The Morgan fingerprint density at radius 3 is 2.46 bits per heavy atom. The minimum absolute atomic E-state index is 0.00399. The number of ether oxygens (including phenoxy) is 2. The molecule has 0 saturated carbocycles. The summed E-state index contributed by atoms with van der Waals surface area (Å²) in [4.78, 5) is 12.7. The second kappa shape index (κ2) is 6.85. The maximum absolute atomic E-state index is 12.7. The summed E-state index contributed by atoms with van der Waals surface area (Å²) in [6.07, 6.45) is 0. The van der Waals surface area contributed by atoms with Crippen molar-refractivity contribution in [3.63, 3.8) is 0 Å². The zero-order valence-electron chi connectivity index (χ0n) is 13.7. The number of aliphatic hydroxyl groups is 1. The van der Waals surface area contributed by atoms with Crippen LogP contribution < -0.4 is 14.9 Å². The number of rotatable bonds is 5. The van der Waals surface area contributed by atoms with E-state index in [1.807, 2.05) is 0 Å². The van der Waals surface area contributed by atoms with Gasteiger partial charge in [0.25, 0.3) is 0 Å². The molecule has 1 heterocycles. The molecule has 3 aromatic rings. The summed E-state index contributed by atoms with van der Waals surface area (Å²) in [5, 5.41) is 38.1. The van der Waals surface area contributed by atoms with Gasteiger partial charge in [0.15, 0.2) is 17.3 Å². The molecule has 0 bridgehead atoms. The molecule has 0 aliphatic heterocycles. The standard InChI is InChI=1S/C18H16O8/c1-24-18-16(23)15-13(22)7-10(25-5-4-19)8-14(15)26-17(18)9-2-3-11(20)12(21)6-9/h2-3,6-8,19-22H,4-5H2,1H3. The highest BCUT2D eigenvalue weighted by Gasteiger charge is 2.21. The molecule has 0 aliphatic rings. The lowest BCUT2D eigenvalue weighted by molar-refractivity contribution is 0.201. The predicted molar refractivity (Wildman–Crippen MR) is 92.0 cm³/mol. The maximum Gasteiger partial charge on any atom is 0.239 e. The van der Waals surface area contributed by atoms with Gasteiger partial charge in [-0.3, -0.25) is 4.79 Å². The van der Waals surface area contributed by atoms with Crippen molar-refractivity contribution in [3.8, 4) is 40.1 Å². The van der Waals surface area contributed by atoms with Gasteiger partial charge in [-0.25, -0.2) is 0 Å². The molecule has 8 nitrogen and oxygen atoms in total. The van der Waals surface area contributed by atoms with Crippen molar-refractivity contribution in [2.45, 2.75) is 0 Å². The van der Waals surface area contributed by atoms with Gasteiger partial charge in [-0.2, -0.15) is 0 Å². The van der Waals surface area contributed by atoms with Crippen LogP contribution in [-0.4, -0.2) is 40.7 Å². The van der Waals surface area contributed by atoms with Crippen LogP contribution in [0.1, 0.15) is 0 Å². The summed E-state index contributed by atoms with van der Waals surface area (Å²) >= 11 is 0. The zero-order chi connectivity index (χ0) is 18.8. The van der Waals surface area contributed by atoms with Crippen molar-refractivity contribution >= 4 is 11.0 Å². The third-order valence-corrected chi connectivity index (χ3v) is 3.71. The van der Waals surface area contributed by atoms with Gasteiger partial charge in [0.05, 0.1) is 13.7 Å². The van der Waals surface area contributed by atoms with Gasteiger partial charge in [-0.05, 0) is 18.2 Å². The zero-order valence-corrected chi connectivity index (χ0v) is 13.7. The molecule has 3 rings (SSSR count). The molecule has 2 aromatic carbocycles. The number of aromatic hydroxyl groups is 3. The van der Waals surface area contributed by atoms with E-state index in [0.717, 1.165) is 0 Å². The molecule has 0 spiro atoms. The van der Waals surface area contributed by atoms with Gasteiger partial charge in [0, 0.05) is 17.7 Å². The highest BCUT2D eigenvalue weighted by Crippen LogP contribution is 2.38. The Morgan fingerprint density at radius 2 is 1.81 bits per heavy atom. The quantitative estimate of drug-likeness (QED) is 0.508. The highest BCUT2D eigenvalue weighted by molar-refractivity contribution is 5.88. The number of benzene rings is 2. The molecule has 0 saturated heterocycles. The second-order valence-corrected chi connectivity index (χ2v) is 5.38. The molecule has 0 fully saturated rings. The summed E-state index contributed by atoms with van der Waals surface area (Å²) in [5.74, 6) is -1.02. The lowest BCUT2D eigenvalue weighted by Gasteiger charge is -2.12. The topological polar surface area (TPSA) is 130 Å². The van der Waals surface area contributed by atoms with Crippen LogP contribution in [0.3, 0.4) is 0 Å². The molecule has 1 aromatic heterocycles. The van der Waals surface area contributed by atoms with E-state index in [1.165, 1.54) is 37.4 Å². The fourth-order valence-electron chi connectivity index (χ4n) is 2.54. The summed E-state index contributed by atoms with van der Waals surface area (Å²) < 4.78 is 16.1. The minimum Gasteiger partial charge on any atom is -0.507 e. The lowest BCUT2D eigenvalue weighted by atomic mass is 10.1. The highest BCUT2D eigenvalue weighted by atomic mass is 16.5. The smallest absolute Gasteiger partial charge is 0.239 e. The third kappa shape index (κ3) is 2.98. The lowest BCUT2D eigenvalue weighted by Crippen LogP contribution is -2.08. The maximum atomic E-state index is 12.7. The number of methoxy groups -OCH3 is 1. The Morgan fingerprint density at radius 1 is 1.04 bits per heavy atom. The van der Waals surface area contributed by atoms with E-state index in [0.29, 0.717) is 0 Å². The van der Waals surface area contributed by atoms with E-state index in [9.17, 15) is 20.1 Å². The third-order valence-electron chi connectivity index (χ3n) is 3.71. The number of hydrogen-bond donors (Lipinski definition) is 4.